The molecule has 2 heterocycles. The Bertz CT molecular complexity index is 863. The van der Waals surface area contributed by atoms with Crippen LogP contribution in [0.15, 0.2) is 17.1 Å². The third-order valence-electron chi connectivity index (χ3n) is 6.36. The molecular weight excluding hydrogens is 396 g/mol. The van der Waals surface area contributed by atoms with E-state index in [0.29, 0.717) is 45.0 Å². The summed E-state index contributed by atoms with van der Waals surface area (Å²) in [4.78, 5) is 32.7. The van der Waals surface area contributed by atoms with Gasteiger partial charge in [-0.15, -0.1) is 0 Å². The number of carbonyl (C=O) groups excluding carboxylic acids is 2. The Hall–Kier alpha value is -2.61. The monoisotopic (exact) mass is 428 g/mol. The second kappa shape index (κ2) is 9.68. The van der Waals surface area contributed by atoms with Crippen LogP contribution in [0.1, 0.15) is 56.1 Å². The van der Waals surface area contributed by atoms with Crippen LogP contribution in [0.3, 0.4) is 0 Å². The van der Waals surface area contributed by atoms with Crippen LogP contribution in [-0.2, 0) is 16.1 Å². The van der Waals surface area contributed by atoms with Gasteiger partial charge in [-0.3, -0.25) is 14.9 Å². The molecule has 1 aromatic carbocycles. The summed E-state index contributed by atoms with van der Waals surface area (Å²) < 4.78 is 5.93. The number of hydrogen-bond donors (Lipinski definition) is 2. The second-order valence-corrected chi connectivity index (χ2v) is 8.63. The first-order chi connectivity index (χ1) is 15.0. The maximum atomic E-state index is 12.7. The van der Waals surface area contributed by atoms with E-state index in [1.807, 2.05) is 28.9 Å². The summed E-state index contributed by atoms with van der Waals surface area (Å²) in [5, 5.41) is 12.2. The van der Waals surface area contributed by atoms with Gasteiger partial charge in [0.2, 0.25) is 17.8 Å². The first-order valence-electron chi connectivity index (χ1n) is 11.4. The van der Waals surface area contributed by atoms with E-state index >= 15 is 0 Å². The highest BCUT2D eigenvalue weighted by Crippen LogP contribution is 2.34. The Balaban J connectivity index is 1.31. The van der Waals surface area contributed by atoms with Gasteiger partial charge in [0.25, 0.3) is 0 Å². The van der Waals surface area contributed by atoms with Crippen LogP contribution >= 0.6 is 0 Å². The van der Waals surface area contributed by atoms with Crippen molar-refractivity contribution in [1.82, 2.24) is 15.1 Å². The van der Waals surface area contributed by atoms with Gasteiger partial charge in [-0.2, -0.15) is 0 Å². The predicted octanol–water partition coefficient (Wildman–Crippen LogP) is 2.24. The van der Waals surface area contributed by atoms with Crippen LogP contribution in [0, 0.1) is 6.92 Å². The Morgan fingerprint density at radius 3 is 2.87 bits per heavy atom. The fraction of sp³-hybridized carbons (Fsp3) is 0.609. The van der Waals surface area contributed by atoms with E-state index in [9.17, 15) is 14.7 Å². The number of hydrogen-bond acceptors (Lipinski definition) is 6. The molecule has 2 amide bonds. The molecule has 0 aromatic heterocycles. The SMILES string of the molecule is Cc1cc(OCCCC(=O)N(CCO)C2CCCCC2)cc2c1CN1CC(=O)NC1=N2. The fourth-order valence-corrected chi connectivity index (χ4v) is 4.75. The molecule has 8 heteroatoms. The lowest BCUT2D eigenvalue weighted by Crippen LogP contribution is -2.43. The van der Waals surface area contributed by atoms with Crippen molar-refractivity contribution in [3.05, 3.63) is 23.3 Å². The zero-order chi connectivity index (χ0) is 21.8. The summed E-state index contributed by atoms with van der Waals surface area (Å²) in [5.74, 6) is 1.40. The molecule has 2 aliphatic heterocycles. The number of nitrogens with zero attached hydrogens (tertiary/aromatic N) is 3. The maximum absolute atomic E-state index is 12.7. The second-order valence-electron chi connectivity index (χ2n) is 8.63. The molecule has 0 unspecified atom stereocenters. The van der Waals surface area contributed by atoms with E-state index < -0.39 is 0 Å². The molecule has 1 aliphatic carbocycles. The number of fused-ring (bicyclic) bond motifs is 2. The van der Waals surface area contributed by atoms with Crippen molar-refractivity contribution in [2.75, 3.05) is 26.3 Å². The third-order valence-corrected chi connectivity index (χ3v) is 6.36. The Labute approximate surface area is 183 Å². The number of nitrogens with one attached hydrogen (secondary N) is 1. The first-order valence-corrected chi connectivity index (χ1v) is 11.4. The number of ether oxygens (including phenoxy) is 1. The summed E-state index contributed by atoms with van der Waals surface area (Å²) in [5.41, 5.74) is 3.01. The molecule has 4 rings (SSSR count). The van der Waals surface area contributed by atoms with Gasteiger partial charge >= 0.3 is 0 Å². The van der Waals surface area contributed by atoms with E-state index in [1.54, 1.807) is 0 Å². The molecule has 168 valence electrons. The van der Waals surface area contributed by atoms with Gasteiger partial charge in [0, 0.05) is 37.2 Å². The molecule has 0 atom stereocenters. The van der Waals surface area contributed by atoms with Crippen molar-refractivity contribution in [2.24, 2.45) is 4.99 Å². The molecular formula is C23H32N4O4. The van der Waals surface area contributed by atoms with Gasteiger partial charge in [-0.25, -0.2) is 4.99 Å². The number of aliphatic hydroxyl groups excluding tert-OH is 1. The Morgan fingerprint density at radius 1 is 1.29 bits per heavy atom. The molecule has 8 nitrogen and oxygen atoms in total. The van der Waals surface area contributed by atoms with Crippen LogP contribution in [0.2, 0.25) is 0 Å². The average molecular weight is 429 g/mol. The van der Waals surface area contributed by atoms with Crippen LogP contribution in [0.25, 0.3) is 0 Å². The Kier molecular flexibility index (Phi) is 6.75. The summed E-state index contributed by atoms with van der Waals surface area (Å²) in [7, 11) is 0. The number of aryl methyl sites for hydroxylation is 1. The van der Waals surface area contributed by atoms with Gasteiger partial charge in [0.1, 0.15) is 12.3 Å². The van der Waals surface area contributed by atoms with Gasteiger partial charge in [0.05, 0.1) is 18.9 Å². The van der Waals surface area contributed by atoms with Crippen molar-refractivity contribution in [3.8, 4) is 5.75 Å². The molecule has 0 spiro atoms. The highest BCUT2D eigenvalue weighted by molar-refractivity contribution is 6.05. The summed E-state index contributed by atoms with van der Waals surface area (Å²) in [6.45, 7) is 3.91. The third kappa shape index (κ3) is 5.01. The number of guanidine groups is 1. The van der Waals surface area contributed by atoms with Crippen molar-refractivity contribution in [2.45, 2.75) is 64.5 Å². The minimum absolute atomic E-state index is 0.00747. The maximum Gasteiger partial charge on any atom is 0.246 e. The quantitative estimate of drug-likeness (QED) is 0.620. The van der Waals surface area contributed by atoms with E-state index in [2.05, 4.69) is 10.3 Å². The molecule has 31 heavy (non-hydrogen) atoms. The van der Waals surface area contributed by atoms with Crippen LogP contribution in [-0.4, -0.2) is 65.0 Å². The highest BCUT2D eigenvalue weighted by Gasteiger charge is 2.30. The minimum atomic E-state index is -0.0335. The topological polar surface area (TPSA) is 94.5 Å². The summed E-state index contributed by atoms with van der Waals surface area (Å²) >= 11 is 0. The molecule has 0 bridgehead atoms. The number of amides is 2. The molecule has 1 saturated heterocycles. The van der Waals surface area contributed by atoms with Crippen molar-refractivity contribution in [1.29, 1.82) is 0 Å². The number of rotatable bonds is 8. The summed E-state index contributed by atoms with van der Waals surface area (Å²) in [6, 6.07) is 4.17. The van der Waals surface area contributed by atoms with Crippen molar-refractivity contribution < 1.29 is 19.4 Å². The van der Waals surface area contributed by atoms with Crippen LogP contribution in [0.4, 0.5) is 5.69 Å². The Morgan fingerprint density at radius 2 is 2.10 bits per heavy atom. The van der Waals surface area contributed by atoms with E-state index in [4.69, 9.17) is 4.74 Å². The van der Waals surface area contributed by atoms with Crippen molar-refractivity contribution in [3.63, 3.8) is 0 Å². The molecule has 1 saturated carbocycles. The summed E-state index contributed by atoms with van der Waals surface area (Å²) in [6.07, 6.45) is 6.68. The standard InChI is InChI=1S/C23H32N4O4/c1-16-12-18(13-20-19(16)14-26-15-21(29)25-23(26)24-20)31-11-5-8-22(30)27(9-10-28)17-6-3-2-4-7-17/h12-13,17,28H,2-11,14-15H2,1H3,(H,24,25,29). The smallest absolute Gasteiger partial charge is 0.246 e. The van der Waals surface area contributed by atoms with Crippen LogP contribution in [0.5, 0.6) is 5.75 Å². The van der Waals surface area contributed by atoms with E-state index in [-0.39, 0.29) is 24.5 Å². The van der Waals surface area contributed by atoms with E-state index in [0.717, 1.165) is 48.2 Å². The average Bonchev–Trinajstić information content (AvgIpc) is 3.13. The zero-order valence-corrected chi connectivity index (χ0v) is 18.2. The lowest BCUT2D eigenvalue weighted by Gasteiger charge is -2.34. The molecule has 2 N–H and O–H groups in total. The minimum Gasteiger partial charge on any atom is -0.493 e. The van der Waals surface area contributed by atoms with E-state index in [1.165, 1.54) is 6.42 Å². The number of benzene rings is 1. The highest BCUT2D eigenvalue weighted by atomic mass is 16.5. The fourth-order valence-electron chi connectivity index (χ4n) is 4.75. The molecule has 1 aromatic rings. The number of carbonyl (C=O) groups is 2. The normalized spacial score (nSPS) is 18.2. The van der Waals surface area contributed by atoms with Gasteiger partial charge < -0.3 is 19.6 Å². The lowest BCUT2D eigenvalue weighted by atomic mass is 9.94. The van der Waals surface area contributed by atoms with Gasteiger partial charge in [-0.1, -0.05) is 19.3 Å². The molecule has 0 radical (unpaired) electrons. The molecule has 3 aliphatic rings. The van der Waals surface area contributed by atoms with Gasteiger partial charge in [0.15, 0.2) is 0 Å². The largest absolute Gasteiger partial charge is 0.493 e. The van der Waals surface area contributed by atoms with Crippen LogP contribution < -0.4 is 10.1 Å². The lowest BCUT2D eigenvalue weighted by molar-refractivity contribution is -0.135. The predicted molar refractivity (Wildman–Crippen MR) is 117 cm³/mol. The molecule has 2 fully saturated rings. The zero-order valence-electron chi connectivity index (χ0n) is 18.2. The van der Waals surface area contributed by atoms with Crippen molar-refractivity contribution >= 4 is 23.5 Å². The number of aliphatic imine (C=N–C) groups is 1. The first kappa shape index (κ1) is 21.6. The van der Waals surface area contributed by atoms with Gasteiger partial charge in [-0.05, 0) is 37.8 Å². The number of aliphatic hydroxyl groups is 1.